The fourth-order valence-electron chi connectivity index (χ4n) is 4.09. The number of amides is 1. The fourth-order valence-corrected chi connectivity index (χ4v) is 6.89. The van der Waals surface area contributed by atoms with Gasteiger partial charge in [0.2, 0.25) is 10.0 Å². The second-order valence-corrected chi connectivity index (χ2v) is 11.4. The van der Waals surface area contributed by atoms with Gasteiger partial charge in [-0.2, -0.15) is 9.30 Å². The summed E-state index contributed by atoms with van der Waals surface area (Å²) in [7, 11) is -2.14. The molecule has 7 nitrogen and oxygen atoms in total. The van der Waals surface area contributed by atoms with Gasteiger partial charge in [-0.3, -0.25) is 4.79 Å². The van der Waals surface area contributed by atoms with Crippen LogP contribution in [0.15, 0.2) is 46.3 Å². The van der Waals surface area contributed by atoms with Crippen molar-refractivity contribution < 1.29 is 17.9 Å². The Balaban J connectivity index is 1.73. The standard InChI is InChI=1S/C24H29N3O4S2/c1-16-7-9-19(10-8-16)33(29,30)27-11-5-6-20(27)23(28)25-24-26(12-13-31-4)21-14-17(2)18(3)15-22(21)32-24/h7-10,14-15,20H,5-6,11-13H2,1-4H3. The van der Waals surface area contributed by atoms with Crippen LogP contribution in [0, 0.1) is 20.8 Å². The van der Waals surface area contributed by atoms with E-state index >= 15 is 0 Å². The molecule has 0 aliphatic carbocycles. The van der Waals surface area contributed by atoms with Crippen molar-refractivity contribution >= 4 is 37.5 Å². The van der Waals surface area contributed by atoms with Crippen molar-refractivity contribution in [1.29, 1.82) is 0 Å². The molecule has 1 saturated heterocycles. The van der Waals surface area contributed by atoms with Crippen LogP contribution in [0.5, 0.6) is 0 Å². The molecule has 1 atom stereocenters. The highest BCUT2D eigenvalue weighted by Gasteiger charge is 2.39. The Morgan fingerprint density at radius 3 is 2.55 bits per heavy atom. The summed E-state index contributed by atoms with van der Waals surface area (Å²) in [5, 5.41) is 0. The number of hydrogen-bond donors (Lipinski definition) is 0. The van der Waals surface area contributed by atoms with Gasteiger partial charge in [-0.05, 0) is 69.0 Å². The van der Waals surface area contributed by atoms with Crippen LogP contribution in [0.25, 0.3) is 10.2 Å². The molecule has 2 heterocycles. The van der Waals surface area contributed by atoms with Crippen molar-refractivity contribution in [2.45, 2.75) is 51.1 Å². The lowest BCUT2D eigenvalue weighted by Crippen LogP contribution is -2.40. The summed E-state index contributed by atoms with van der Waals surface area (Å²) in [5.41, 5.74) is 4.32. The predicted molar refractivity (Wildman–Crippen MR) is 130 cm³/mol. The molecular weight excluding hydrogens is 458 g/mol. The number of carbonyl (C=O) groups excluding carboxylic acids is 1. The third kappa shape index (κ3) is 4.68. The number of rotatable bonds is 6. The Kier molecular flexibility index (Phi) is 6.86. The van der Waals surface area contributed by atoms with Gasteiger partial charge in [-0.1, -0.05) is 29.0 Å². The number of hydrogen-bond acceptors (Lipinski definition) is 5. The number of aryl methyl sites for hydroxylation is 3. The highest BCUT2D eigenvalue weighted by atomic mass is 32.2. The van der Waals surface area contributed by atoms with E-state index in [4.69, 9.17) is 4.74 Å². The van der Waals surface area contributed by atoms with Crippen LogP contribution < -0.4 is 4.80 Å². The molecule has 1 aliphatic heterocycles. The SMILES string of the molecule is COCCn1c(=NC(=O)C2CCCN2S(=O)(=O)c2ccc(C)cc2)sc2cc(C)c(C)cc21. The molecular formula is C24H29N3O4S2. The van der Waals surface area contributed by atoms with Gasteiger partial charge in [0.1, 0.15) is 6.04 Å². The maximum atomic E-state index is 13.3. The first kappa shape index (κ1) is 23.8. The number of ether oxygens (including phenoxy) is 1. The van der Waals surface area contributed by atoms with E-state index in [1.165, 1.54) is 21.2 Å². The maximum Gasteiger partial charge on any atom is 0.266 e. The lowest BCUT2D eigenvalue weighted by molar-refractivity contribution is -0.121. The first-order chi connectivity index (χ1) is 15.7. The first-order valence-corrected chi connectivity index (χ1v) is 13.2. The van der Waals surface area contributed by atoms with Gasteiger partial charge in [-0.25, -0.2) is 8.42 Å². The normalized spacial score (nSPS) is 17.8. The van der Waals surface area contributed by atoms with E-state index in [1.54, 1.807) is 31.4 Å². The number of aromatic nitrogens is 1. The molecule has 1 fully saturated rings. The Hall–Kier alpha value is -2.33. The van der Waals surface area contributed by atoms with Crippen LogP contribution in [0.2, 0.25) is 0 Å². The van der Waals surface area contributed by atoms with Gasteiger partial charge in [0, 0.05) is 20.2 Å². The number of nitrogens with zero attached hydrogens (tertiary/aromatic N) is 3. The lowest BCUT2D eigenvalue weighted by atomic mass is 10.1. The van der Waals surface area contributed by atoms with Gasteiger partial charge < -0.3 is 9.30 Å². The Morgan fingerprint density at radius 2 is 1.85 bits per heavy atom. The van der Waals surface area contributed by atoms with Crippen molar-refractivity contribution in [3.8, 4) is 0 Å². The van der Waals surface area contributed by atoms with E-state index in [9.17, 15) is 13.2 Å². The van der Waals surface area contributed by atoms with Crippen LogP contribution in [0.4, 0.5) is 0 Å². The van der Waals surface area contributed by atoms with Gasteiger partial charge in [0.05, 0.1) is 21.7 Å². The Morgan fingerprint density at radius 1 is 1.15 bits per heavy atom. The zero-order valence-corrected chi connectivity index (χ0v) is 21.0. The van der Waals surface area contributed by atoms with Crippen molar-refractivity contribution in [2.24, 2.45) is 4.99 Å². The summed E-state index contributed by atoms with van der Waals surface area (Å²) in [6, 6.07) is 10.1. The molecule has 176 valence electrons. The molecule has 0 bridgehead atoms. The number of methoxy groups -OCH3 is 1. The van der Waals surface area contributed by atoms with E-state index in [2.05, 4.69) is 31.0 Å². The zero-order chi connectivity index (χ0) is 23.8. The summed E-state index contributed by atoms with van der Waals surface area (Å²) in [6.07, 6.45) is 1.10. The van der Waals surface area contributed by atoms with Crippen LogP contribution in [0.3, 0.4) is 0 Å². The van der Waals surface area contributed by atoms with Gasteiger partial charge in [0.25, 0.3) is 5.91 Å². The summed E-state index contributed by atoms with van der Waals surface area (Å²) in [6.45, 7) is 7.38. The van der Waals surface area contributed by atoms with Gasteiger partial charge >= 0.3 is 0 Å². The molecule has 0 spiro atoms. The van der Waals surface area contributed by atoms with Gasteiger partial charge in [0.15, 0.2) is 4.80 Å². The lowest BCUT2D eigenvalue weighted by Gasteiger charge is -2.21. The largest absolute Gasteiger partial charge is 0.383 e. The average Bonchev–Trinajstić information content (AvgIpc) is 3.39. The molecule has 1 aliphatic rings. The summed E-state index contributed by atoms with van der Waals surface area (Å²) in [4.78, 5) is 18.5. The highest BCUT2D eigenvalue weighted by molar-refractivity contribution is 7.89. The fraction of sp³-hybridized carbons (Fsp3) is 0.417. The number of carbonyl (C=O) groups is 1. The monoisotopic (exact) mass is 487 g/mol. The van der Waals surface area contributed by atoms with E-state index in [0.29, 0.717) is 37.3 Å². The Labute approximate surface area is 198 Å². The minimum absolute atomic E-state index is 0.204. The maximum absolute atomic E-state index is 13.3. The molecule has 4 rings (SSSR count). The van der Waals surface area contributed by atoms with Crippen molar-refractivity contribution in [2.75, 3.05) is 20.3 Å². The van der Waals surface area contributed by atoms with Gasteiger partial charge in [-0.15, -0.1) is 0 Å². The molecule has 3 aromatic rings. The minimum Gasteiger partial charge on any atom is -0.383 e. The molecule has 0 saturated carbocycles. The summed E-state index contributed by atoms with van der Waals surface area (Å²) < 4.78 is 36.1. The highest BCUT2D eigenvalue weighted by Crippen LogP contribution is 2.27. The number of fused-ring (bicyclic) bond motifs is 1. The third-order valence-corrected chi connectivity index (χ3v) is 9.10. The number of benzene rings is 2. The second-order valence-electron chi connectivity index (χ2n) is 8.47. The second kappa shape index (κ2) is 9.50. The van der Waals surface area contributed by atoms with E-state index < -0.39 is 22.0 Å². The molecule has 0 radical (unpaired) electrons. The summed E-state index contributed by atoms with van der Waals surface area (Å²) in [5.74, 6) is -0.422. The molecule has 1 aromatic heterocycles. The average molecular weight is 488 g/mol. The number of thiazole rings is 1. The van der Waals surface area contributed by atoms with Crippen LogP contribution in [-0.4, -0.2) is 49.5 Å². The molecule has 2 aromatic carbocycles. The quantitative estimate of drug-likeness (QED) is 0.533. The topological polar surface area (TPSA) is 81.0 Å². The molecule has 9 heteroatoms. The van der Waals surface area contributed by atoms with E-state index in [0.717, 1.165) is 21.3 Å². The zero-order valence-electron chi connectivity index (χ0n) is 19.4. The summed E-state index contributed by atoms with van der Waals surface area (Å²) >= 11 is 1.44. The van der Waals surface area contributed by atoms with Crippen molar-refractivity contribution in [1.82, 2.24) is 8.87 Å². The smallest absolute Gasteiger partial charge is 0.266 e. The van der Waals surface area contributed by atoms with Crippen LogP contribution >= 0.6 is 11.3 Å². The molecule has 33 heavy (non-hydrogen) atoms. The van der Waals surface area contributed by atoms with E-state index in [-0.39, 0.29) is 4.90 Å². The Bertz CT molecular complexity index is 1350. The molecule has 0 N–H and O–H groups in total. The molecule has 1 amide bonds. The van der Waals surface area contributed by atoms with Crippen molar-refractivity contribution in [3.63, 3.8) is 0 Å². The molecule has 1 unspecified atom stereocenters. The van der Waals surface area contributed by atoms with E-state index in [1.807, 2.05) is 11.5 Å². The van der Waals surface area contributed by atoms with Crippen molar-refractivity contribution in [3.05, 3.63) is 57.9 Å². The first-order valence-electron chi connectivity index (χ1n) is 11.0. The van der Waals surface area contributed by atoms with Crippen LogP contribution in [-0.2, 0) is 26.1 Å². The minimum atomic E-state index is -3.77. The predicted octanol–water partition coefficient (Wildman–Crippen LogP) is 3.56. The number of sulfonamides is 1. The third-order valence-electron chi connectivity index (χ3n) is 6.14. The van der Waals surface area contributed by atoms with Crippen LogP contribution in [0.1, 0.15) is 29.5 Å².